The van der Waals surface area contributed by atoms with E-state index in [0.717, 1.165) is 6.42 Å². The van der Waals surface area contributed by atoms with E-state index >= 15 is 0 Å². The van der Waals surface area contributed by atoms with Gasteiger partial charge in [-0.3, -0.25) is 0 Å². The molecule has 0 fully saturated rings. The van der Waals surface area contributed by atoms with Crippen molar-refractivity contribution in [1.82, 2.24) is 0 Å². The smallest absolute Gasteiger partial charge is 0.0125 e. The van der Waals surface area contributed by atoms with Crippen LogP contribution in [0.3, 0.4) is 0 Å². The molecule has 0 amide bonds. The first kappa shape index (κ1) is 19.8. The van der Waals surface area contributed by atoms with Gasteiger partial charge in [-0.1, -0.05) is 115 Å². The molecule has 0 saturated heterocycles. The lowest BCUT2D eigenvalue weighted by Gasteiger charge is -2.30. The number of allylic oxidation sites excluding steroid dienone is 14. The first-order valence-electron chi connectivity index (χ1n) is 12.6. The quantitative estimate of drug-likeness (QED) is 0.352. The summed E-state index contributed by atoms with van der Waals surface area (Å²) in [5.74, 6) is 1.47. The van der Waals surface area contributed by atoms with Crippen LogP contribution < -0.4 is 0 Å². The van der Waals surface area contributed by atoms with Crippen molar-refractivity contribution in [2.24, 2.45) is 17.8 Å². The van der Waals surface area contributed by atoms with Crippen molar-refractivity contribution < 1.29 is 0 Å². The third kappa shape index (κ3) is 3.06. The fourth-order valence-corrected chi connectivity index (χ4v) is 6.50. The van der Waals surface area contributed by atoms with Gasteiger partial charge in [0.2, 0.25) is 0 Å². The predicted octanol–water partition coefficient (Wildman–Crippen LogP) is 8.98. The highest BCUT2D eigenvalue weighted by molar-refractivity contribution is 6.16. The van der Waals surface area contributed by atoms with Crippen LogP contribution in [0.5, 0.6) is 0 Å². The summed E-state index contributed by atoms with van der Waals surface area (Å²) in [6, 6.07) is 18.2. The largest absolute Gasteiger partial charge is 0.0842 e. The van der Waals surface area contributed by atoms with E-state index < -0.39 is 0 Å². The van der Waals surface area contributed by atoms with Gasteiger partial charge in [-0.25, -0.2) is 0 Å². The van der Waals surface area contributed by atoms with E-state index in [1.54, 1.807) is 0 Å². The van der Waals surface area contributed by atoms with Crippen LogP contribution in [0, 0.1) is 17.8 Å². The normalized spacial score (nSPS) is 25.1. The Morgan fingerprint density at radius 2 is 1.32 bits per heavy atom. The summed E-state index contributed by atoms with van der Waals surface area (Å²) in [6.45, 7) is 0. The zero-order chi connectivity index (χ0) is 22.5. The van der Waals surface area contributed by atoms with E-state index in [1.165, 1.54) is 62.2 Å². The van der Waals surface area contributed by atoms with E-state index in [1.807, 2.05) is 0 Å². The first-order valence-corrected chi connectivity index (χ1v) is 12.6. The van der Waals surface area contributed by atoms with Crippen LogP contribution in [0.15, 0.2) is 121 Å². The van der Waals surface area contributed by atoms with Gasteiger partial charge in [0.1, 0.15) is 0 Å². The zero-order valence-corrected chi connectivity index (χ0v) is 19.3. The van der Waals surface area contributed by atoms with Crippen molar-refractivity contribution in [2.45, 2.75) is 19.3 Å². The van der Waals surface area contributed by atoms with Crippen molar-refractivity contribution in [3.05, 3.63) is 132 Å². The molecule has 0 nitrogen and oxygen atoms in total. The molecule has 34 heavy (non-hydrogen) atoms. The monoisotopic (exact) mass is 436 g/mol. The SMILES string of the molecule is C1=CC2C=CC=C(c3c4ccccc4c(C4=CC=C5C=CCCC5C4)c4ccccc34)C2C=C1. The number of benzene rings is 3. The van der Waals surface area contributed by atoms with Crippen LogP contribution in [-0.2, 0) is 0 Å². The molecule has 4 aliphatic rings. The average Bonchev–Trinajstić information content (AvgIpc) is 2.91. The Balaban J connectivity index is 1.51. The van der Waals surface area contributed by atoms with E-state index in [2.05, 4.69) is 115 Å². The Morgan fingerprint density at radius 3 is 2.09 bits per heavy atom. The van der Waals surface area contributed by atoms with Crippen LogP contribution in [0.4, 0.5) is 0 Å². The topological polar surface area (TPSA) is 0 Å². The second kappa shape index (κ2) is 7.99. The molecule has 3 aromatic rings. The maximum absolute atomic E-state index is 2.39. The third-order valence-electron chi connectivity index (χ3n) is 8.09. The van der Waals surface area contributed by atoms with Crippen molar-refractivity contribution >= 4 is 32.7 Å². The van der Waals surface area contributed by atoms with Gasteiger partial charge in [-0.15, -0.1) is 0 Å². The lowest BCUT2D eigenvalue weighted by molar-refractivity contribution is 0.573. The minimum Gasteiger partial charge on any atom is -0.0842 e. The third-order valence-corrected chi connectivity index (χ3v) is 8.09. The number of hydrogen-bond donors (Lipinski definition) is 0. The summed E-state index contributed by atoms with van der Waals surface area (Å²) in [6.07, 6.45) is 29.1. The summed E-state index contributed by atoms with van der Waals surface area (Å²) >= 11 is 0. The minimum absolute atomic E-state index is 0.390. The molecule has 0 radical (unpaired) electrons. The molecule has 4 aliphatic carbocycles. The molecule has 0 aliphatic heterocycles. The Morgan fingerprint density at radius 1 is 0.647 bits per heavy atom. The summed E-state index contributed by atoms with van der Waals surface area (Å²) in [4.78, 5) is 0. The van der Waals surface area contributed by atoms with Gasteiger partial charge in [-0.2, -0.15) is 0 Å². The Kier molecular flexibility index (Phi) is 4.65. The van der Waals surface area contributed by atoms with E-state index in [-0.39, 0.29) is 0 Å². The van der Waals surface area contributed by atoms with E-state index in [4.69, 9.17) is 0 Å². The lowest BCUT2D eigenvalue weighted by atomic mass is 9.73. The van der Waals surface area contributed by atoms with Crippen molar-refractivity contribution in [1.29, 1.82) is 0 Å². The highest BCUT2D eigenvalue weighted by Crippen LogP contribution is 2.47. The average molecular weight is 437 g/mol. The molecule has 3 unspecified atom stereocenters. The summed E-state index contributed by atoms with van der Waals surface area (Å²) < 4.78 is 0. The molecule has 164 valence electrons. The molecule has 0 bridgehead atoms. The molecule has 7 rings (SSSR count). The van der Waals surface area contributed by atoms with E-state index in [0.29, 0.717) is 17.8 Å². The highest BCUT2D eigenvalue weighted by atomic mass is 14.3. The minimum atomic E-state index is 0.390. The van der Waals surface area contributed by atoms with Gasteiger partial charge in [0.25, 0.3) is 0 Å². The number of rotatable bonds is 2. The number of hydrogen-bond acceptors (Lipinski definition) is 0. The molecule has 0 aromatic heterocycles. The van der Waals surface area contributed by atoms with Crippen LogP contribution in [-0.4, -0.2) is 0 Å². The van der Waals surface area contributed by atoms with Crippen LogP contribution in [0.2, 0.25) is 0 Å². The second-order valence-corrected chi connectivity index (χ2v) is 9.96. The Bertz CT molecular complexity index is 1470. The molecule has 0 spiro atoms. The first-order chi connectivity index (χ1) is 16.9. The van der Waals surface area contributed by atoms with Gasteiger partial charge in [0.15, 0.2) is 0 Å². The summed E-state index contributed by atoms with van der Waals surface area (Å²) in [5, 5.41) is 5.51. The van der Waals surface area contributed by atoms with Crippen LogP contribution in [0.25, 0.3) is 32.7 Å². The fraction of sp³-hybridized carbons (Fsp3) is 0.176. The maximum atomic E-state index is 2.39. The van der Waals surface area contributed by atoms with E-state index in [9.17, 15) is 0 Å². The lowest BCUT2D eigenvalue weighted by Crippen LogP contribution is -2.15. The van der Waals surface area contributed by atoms with Gasteiger partial charge in [0, 0.05) is 11.8 Å². The Labute approximate surface area is 201 Å². The number of fused-ring (bicyclic) bond motifs is 4. The molecule has 0 N–H and O–H groups in total. The van der Waals surface area contributed by atoms with Crippen LogP contribution in [0.1, 0.15) is 30.4 Å². The van der Waals surface area contributed by atoms with Crippen LogP contribution >= 0.6 is 0 Å². The molecule has 0 heteroatoms. The Hall–Kier alpha value is -3.64. The van der Waals surface area contributed by atoms with Crippen molar-refractivity contribution in [3.8, 4) is 0 Å². The van der Waals surface area contributed by atoms with Gasteiger partial charge in [0.05, 0.1) is 0 Å². The van der Waals surface area contributed by atoms with Crippen molar-refractivity contribution in [3.63, 3.8) is 0 Å². The predicted molar refractivity (Wildman–Crippen MR) is 146 cm³/mol. The zero-order valence-electron chi connectivity index (χ0n) is 19.3. The fourth-order valence-electron chi connectivity index (χ4n) is 6.50. The molecule has 3 atom stereocenters. The van der Waals surface area contributed by atoms with Gasteiger partial charge in [-0.05, 0) is 74.6 Å². The van der Waals surface area contributed by atoms with Crippen molar-refractivity contribution in [2.75, 3.05) is 0 Å². The molecular weight excluding hydrogens is 408 g/mol. The second-order valence-electron chi connectivity index (χ2n) is 9.96. The summed E-state index contributed by atoms with van der Waals surface area (Å²) in [5.41, 5.74) is 7.26. The molecule has 0 saturated carbocycles. The standard InChI is InChI=1S/C34H28/c1-2-12-25-22-26(21-20-23(25)10-1)33-29-15-5-7-17-31(29)34(32-18-8-6-16-30(32)33)28-19-9-13-24-11-3-4-14-27(24)28/h1,3-11,13-21,24-25,27H,2,12,22H2. The highest BCUT2D eigenvalue weighted by Gasteiger charge is 2.28. The maximum Gasteiger partial charge on any atom is 0.0125 e. The molecule has 0 heterocycles. The summed E-state index contributed by atoms with van der Waals surface area (Å²) in [7, 11) is 0. The molecular formula is C34H28. The van der Waals surface area contributed by atoms with Gasteiger partial charge < -0.3 is 0 Å². The molecule has 3 aromatic carbocycles. The van der Waals surface area contributed by atoms with Gasteiger partial charge >= 0.3 is 0 Å².